The minimum Gasteiger partial charge on any atom is -0.258 e. The molecule has 0 radical (unpaired) electrons. The highest BCUT2D eigenvalue weighted by atomic mass is 35.5. The van der Waals surface area contributed by atoms with Crippen LogP contribution in [0.5, 0.6) is 0 Å². The summed E-state index contributed by atoms with van der Waals surface area (Å²) >= 11 is 5.41. The van der Waals surface area contributed by atoms with Crippen molar-refractivity contribution < 1.29 is 13.7 Å². The second-order valence-corrected chi connectivity index (χ2v) is 3.32. The third-order valence-corrected chi connectivity index (χ3v) is 2.12. The maximum Gasteiger partial charge on any atom is 0.305 e. The minimum atomic E-state index is -1.34. The first kappa shape index (κ1) is 11.4. The van der Waals surface area contributed by atoms with Gasteiger partial charge in [-0.25, -0.2) is 9.49 Å². The number of hydrogen-bond acceptors (Lipinski definition) is 4. The number of aromatic amines is 1. The van der Waals surface area contributed by atoms with E-state index >= 15 is 0 Å². The van der Waals surface area contributed by atoms with E-state index in [1.807, 2.05) is 0 Å². The van der Waals surface area contributed by atoms with E-state index in [9.17, 15) is 18.9 Å². The normalized spacial score (nSPS) is 10.5. The zero-order valence-electron chi connectivity index (χ0n) is 7.95. The number of hydrogen-bond donors (Lipinski definition) is 1. The van der Waals surface area contributed by atoms with Gasteiger partial charge >= 0.3 is 5.69 Å². The van der Waals surface area contributed by atoms with Crippen LogP contribution in [0.1, 0.15) is 0 Å². The molecule has 1 aromatic carbocycles. The lowest BCUT2D eigenvalue weighted by Crippen LogP contribution is -1.98. The number of nitro benzene ring substituents is 1. The van der Waals surface area contributed by atoms with Gasteiger partial charge in [-0.15, -0.1) is 0 Å². The molecule has 6 nitrogen and oxygen atoms in total. The van der Waals surface area contributed by atoms with Gasteiger partial charge in [0, 0.05) is 6.07 Å². The summed E-state index contributed by atoms with van der Waals surface area (Å²) in [7, 11) is 0. The predicted molar refractivity (Wildman–Crippen MR) is 53.4 cm³/mol. The van der Waals surface area contributed by atoms with Crippen molar-refractivity contribution >= 4 is 17.3 Å². The van der Waals surface area contributed by atoms with E-state index in [1.54, 1.807) is 0 Å². The van der Waals surface area contributed by atoms with Crippen molar-refractivity contribution in [1.82, 2.24) is 15.2 Å². The summed E-state index contributed by atoms with van der Waals surface area (Å²) in [6.07, 6.45) is 0. The highest BCUT2D eigenvalue weighted by molar-refractivity contribution is 6.28. The maximum atomic E-state index is 13.7. The summed E-state index contributed by atoms with van der Waals surface area (Å²) in [5.74, 6) is -2.73. The van der Waals surface area contributed by atoms with Crippen molar-refractivity contribution in [1.29, 1.82) is 0 Å². The van der Waals surface area contributed by atoms with Gasteiger partial charge in [-0.3, -0.25) is 10.1 Å². The van der Waals surface area contributed by atoms with Crippen molar-refractivity contribution in [2.24, 2.45) is 0 Å². The quantitative estimate of drug-likeness (QED) is 0.663. The van der Waals surface area contributed by atoms with Gasteiger partial charge < -0.3 is 0 Å². The molecular formula is C8H3ClF2N4O2. The second-order valence-electron chi connectivity index (χ2n) is 2.96. The van der Waals surface area contributed by atoms with Crippen LogP contribution in [-0.2, 0) is 0 Å². The zero-order chi connectivity index (χ0) is 12.6. The molecule has 9 heteroatoms. The minimum absolute atomic E-state index is 0.176. The molecule has 88 valence electrons. The van der Waals surface area contributed by atoms with Gasteiger partial charge in [-0.1, -0.05) is 0 Å². The molecule has 0 spiro atoms. The van der Waals surface area contributed by atoms with Gasteiger partial charge in [-0.05, 0) is 17.7 Å². The van der Waals surface area contributed by atoms with E-state index in [-0.39, 0.29) is 11.1 Å². The molecule has 0 aliphatic rings. The highest BCUT2D eigenvalue weighted by Gasteiger charge is 2.24. The fourth-order valence-corrected chi connectivity index (χ4v) is 1.36. The first-order valence-electron chi connectivity index (χ1n) is 4.21. The summed E-state index contributed by atoms with van der Waals surface area (Å²) < 4.78 is 27.0. The molecule has 17 heavy (non-hydrogen) atoms. The van der Waals surface area contributed by atoms with Gasteiger partial charge in [-0.2, -0.15) is 14.5 Å². The molecule has 0 fully saturated rings. The number of rotatable bonds is 2. The average Bonchev–Trinajstić information content (AvgIpc) is 2.64. The molecule has 1 N–H and O–H groups in total. The first-order valence-corrected chi connectivity index (χ1v) is 4.59. The molecule has 0 atom stereocenters. The topological polar surface area (TPSA) is 84.7 Å². The molecule has 1 aromatic heterocycles. The van der Waals surface area contributed by atoms with E-state index < -0.39 is 27.8 Å². The zero-order valence-corrected chi connectivity index (χ0v) is 8.70. The molecule has 2 rings (SSSR count). The number of nitro groups is 1. The van der Waals surface area contributed by atoms with Gasteiger partial charge in [0.2, 0.25) is 11.1 Å². The molecule has 0 saturated carbocycles. The number of benzene rings is 1. The fourth-order valence-electron chi connectivity index (χ4n) is 1.24. The Morgan fingerprint density at radius 3 is 2.65 bits per heavy atom. The van der Waals surface area contributed by atoms with Crippen LogP contribution in [0.2, 0.25) is 5.28 Å². The lowest BCUT2D eigenvalue weighted by molar-refractivity contribution is -0.387. The molecule has 0 aliphatic heterocycles. The number of nitrogens with zero attached hydrogens (tertiary/aromatic N) is 3. The van der Waals surface area contributed by atoms with Crippen LogP contribution in [-0.4, -0.2) is 20.1 Å². The SMILES string of the molecule is O=[N+]([O-])c1ccc(F)c(-c2n[nH]c(Cl)n2)c1F. The van der Waals surface area contributed by atoms with Gasteiger partial charge in [0.25, 0.3) is 0 Å². The van der Waals surface area contributed by atoms with Crippen LogP contribution in [0, 0.1) is 21.7 Å². The lowest BCUT2D eigenvalue weighted by Gasteiger charge is -2.00. The third-order valence-electron chi connectivity index (χ3n) is 1.95. The Morgan fingerprint density at radius 2 is 2.12 bits per heavy atom. The smallest absolute Gasteiger partial charge is 0.258 e. The Morgan fingerprint density at radius 1 is 1.41 bits per heavy atom. The Bertz CT molecular complexity index is 601. The number of H-pyrrole nitrogens is 1. The van der Waals surface area contributed by atoms with Gasteiger partial charge in [0.1, 0.15) is 5.82 Å². The monoisotopic (exact) mass is 260 g/mol. The predicted octanol–water partition coefficient (Wildman–Crippen LogP) is 2.31. The molecule has 0 unspecified atom stereocenters. The van der Waals surface area contributed by atoms with E-state index in [4.69, 9.17) is 11.6 Å². The van der Waals surface area contributed by atoms with E-state index in [0.29, 0.717) is 0 Å². The largest absolute Gasteiger partial charge is 0.305 e. The van der Waals surface area contributed by atoms with Crippen LogP contribution in [0.3, 0.4) is 0 Å². The standard InChI is InChI=1S/C8H3ClF2N4O2/c9-8-12-7(13-14-8)5-3(10)1-2-4(6(5)11)15(16)17/h1-2H,(H,12,13,14). The number of halogens is 3. The Balaban J connectivity index is 2.68. The average molecular weight is 261 g/mol. The van der Waals surface area contributed by atoms with Crippen molar-refractivity contribution in [3.8, 4) is 11.4 Å². The molecular weight excluding hydrogens is 258 g/mol. The van der Waals surface area contributed by atoms with E-state index in [0.717, 1.165) is 12.1 Å². The van der Waals surface area contributed by atoms with Crippen LogP contribution >= 0.6 is 11.6 Å². The van der Waals surface area contributed by atoms with Crippen molar-refractivity contribution in [2.75, 3.05) is 0 Å². The molecule has 1 heterocycles. The summed E-state index contributed by atoms with van der Waals surface area (Å²) in [6.45, 7) is 0. The summed E-state index contributed by atoms with van der Waals surface area (Å²) in [4.78, 5) is 13.0. The molecule has 0 aliphatic carbocycles. The molecule has 0 amide bonds. The van der Waals surface area contributed by atoms with Crippen molar-refractivity contribution in [2.45, 2.75) is 0 Å². The third kappa shape index (κ3) is 1.94. The number of nitrogens with one attached hydrogen (secondary N) is 1. The van der Waals surface area contributed by atoms with Gasteiger partial charge in [0.05, 0.1) is 10.5 Å². The van der Waals surface area contributed by atoms with Crippen molar-refractivity contribution in [3.63, 3.8) is 0 Å². The highest BCUT2D eigenvalue weighted by Crippen LogP contribution is 2.29. The van der Waals surface area contributed by atoms with Crippen LogP contribution in [0.15, 0.2) is 12.1 Å². The van der Waals surface area contributed by atoms with E-state index in [1.165, 1.54) is 0 Å². The molecule has 2 aromatic rings. The first-order chi connectivity index (χ1) is 8.00. The van der Waals surface area contributed by atoms with E-state index in [2.05, 4.69) is 15.2 Å². The lowest BCUT2D eigenvalue weighted by atomic mass is 10.1. The Labute approximate surface area is 97.4 Å². The maximum absolute atomic E-state index is 13.7. The molecule has 0 saturated heterocycles. The molecule has 0 bridgehead atoms. The Kier molecular flexibility index (Phi) is 2.72. The van der Waals surface area contributed by atoms with Crippen molar-refractivity contribution in [3.05, 3.63) is 39.2 Å². The summed E-state index contributed by atoms with van der Waals surface area (Å²) in [5, 5.41) is 15.9. The fraction of sp³-hybridized carbons (Fsp3) is 0. The van der Waals surface area contributed by atoms with Gasteiger partial charge in [0.15, 0.2) is 5.82 Å². The van der Waals surface area contributed by atoms with Crippen LogP contribution in [0.4, 0.5) is 14.5 Å². The van der Waals surface area contributed by atoms with Crippen LogP contribution in [0.25, 0.3) is 11.4 Å². The summed E-state index contributed by atoms with van der Waals surface area (Å²) in [6, 6.07) is 1.49. The summed E-state index contributed by atoms with van der Waals surface area (Å²) in [5.41, 5.74) is -1.55. The second kappa shape index (κ2) is 4.06. The number of aromatic nitrogens is 3. The van der Waals surface area contributed by atoms with Crippen LogP contribution < -0.4 is 0 Å². The Hall–Kier alpha value is -2.09.